The molecule has 96 valence electrons. The summed E-state index contributed by atoms with van der Waals surface area (Å²) in [6.07, 6.45) is 3.72. The van der Waals surface area contributed by atoms with Crippen LogP contribution in [0.1, 0.15) is 17.4 Å². The maximum absolute atomic E-state index is 11.7. The predicted octanol–water partition coefficient (Wildman–Crippen LogP) is 0.702. The van der Waals surface area contributed by atoms with Gasteiger partial charge in [0.25, 0.3) is 0 Å². The summed E-state index contributed by atoms with van der Waals surface area (Å²) >= 11 is 0. The van der Waals surface area contributed by atoms with Crippen LogP contribution in [0.3, 0.4) is 0 Å². The molecule has 0 radical (unpaired) electrons. The Morgan fingerprint density at radius 1 is 1.50 bits per heavy atom. The lowest BCUT2D eigenvalue weighted by Crippen LogP contribution is -2.40. The van der Waals surface area contributed by atoms with Gasteiger partial charge in [0.15, 0.2) is 9.84 Å². The van der Waals surface area contributed by atoms with Gasteiger partial charge in [-0.1, -0.05) is 0 Å². The quantitative estimate of drug-likeness (QED) is 0.824. The van der Waals surface area contributed by atoms with E-state index in [4.69, 9.17) is 0 Å². The van der Waals surface area contributed by atoms with Crippen LogP contribution in [0.15, 0.2) is 24.5 Å². The third-order valence-electron chi connectivity index (χ3n) is 3.25. The molecule has 1 unspecified atom stereocenters. The van der Waals surface area contributed by atoms with Crippen LogP contribution in [0.5, 0.6) is 0 Å². The van der Waals surface area contributed by atoms with Crippen LogP contribution in [0, 0.1) is 6.92 Å². The largest absolute Gasteiger partial charge is 0.305 e. The van der Waals surface area contributed by atoms with Crippen molar-refractivity contribution in [3.63, 3.8) is 0 Å². The summed E-state index contributed by atoms with van der Waals surface area (Å²) in [6.45, 7) is 2.52. The smallest absolute Gasteiger partial charge is 0.153 e. The zero-order valence-electron chi connectivity index (χ0n) is 10.1. The number of aryl methyl sites for hydroxylation is 1. The van der Waals surface area contributed by atoms with Gasteiger partial charge in [0, 0.05) is 12.7 Å². The number of hydrogen-bond acceptors (Lipinski definition) is 4. The van der Waals surface area contributed by atoms with E-state index in [9.17, 15) is 8.42 Å². The van der Waals surface area contributed by atoms with E-state index in [1.165, 1.54) is 0 Å². The lowest BCUT2D eigenvalue weighted by atomic mass is 10.2. The summed E-state index contributed by atoms with van der Waals surface area (Å²) in [5, 5.41) is 3.22. The van der Waals surface area contributed by atoms with Gasteiger partial charge in [-0.05, 0) is 24.6 Å². The molecule has 0 saturated carbocycles. The van der Waals surface area contributed by atoms with Crippen LogP contribution in [0.25, 0.3) is 5.52 Å². The van der Waals surface area contributed by atoms with Crippen LogP contribution in [0.2, 0.25) is 0 Å². The first-order valence-electron chi connectivity index (χ1n) is 5.93. The predicted molar refractivity (Wildman–Crippen MR) is 69.3 cm³/mol. The minimum atomic E-state index is -2.95. The van der Waals surface area contributed by atoms with Crippen LogP contribution in [-0.2, 0) is 9.84 Å². The molecule has 1 aliphatic heterocycles. The maximum Gasteiger partial charge on any atom is 0.153 e. The molecule has 3 heterocycles. The molecule has 6 heteroatoms. The van der Waals surface area contributed by atoms with E-state index in [1.807, 2.05) is 29.7 Å². The second-order valence-corrected chi connectivity index (χ2v) is 6.97. The molecule has 1 aliphatic rings. The molecule has 0 spiro atoms. The van der Waals surface area contributed by atoms with Crippen molar-refractivity contribution < 1.29 is 8.42 Å². The number of sulfone groups is 1. The fourth-order valence-electron chi connectivity index (χ4n) is 2.34. The van der Waals surface area contributed by atoms with Gasteiger partial charge >= 0.3 is 0 Å². The first-order valence-corrected chi connectivity index (χ1v) is 7.75. The fourth-order valence-corrected chi connectivity index (χ4v) is 3.71. The number of fused-ring (bicyclic) bond motifs is 1. The van der Waals surface area contributed by atoms with Gasteiger partial charge < -0.3 is 9.72 Å². The molecule has 2 aromatic rings. The van der Waals surface area contributed by atoms with Crippen molar-refractivity contribution in [1.82, 2.24) is 14.7 Å². The van der Waals surface area contributed by atoms with Crippen LogP contribution in [0.4, 0.5) is 0 Å². The molecular formula is C12H15N3O2S. The summed E-state index contributed by atoms with van der Waals surface area (Å²) in [7, 11) is -2.95. The Hall–Kier alpha value is -1.40. The average Bonchev–Trinajstić information content (AvgIpc) is 2.70. The lowest BCUT2D eigenvalue weighted by Gasteiger charge is -2.22. The van der Waals surface area contributed by atoms with Gasteiger partial charge in [-0.3, -0.25) is 0 Å². The SMILES string of the molecule is Cc1ccn2c(C3CS(=O)(=O)CCN3)ncc2c1. The Morgan fingerprint density at radius 2 is 2.33 bits per heavy atom. The zero-order valence-corrected chi connectivity index (χ0v) is 10.9. The third kappa shape index (κ3) is 2.02. The van der Waals surface area contributed by atoms with Gasteiger partial charge in [-0.25, -0.2) is 13.4 Å². The molecule has 2 aromatic heterocycles. The number of rotatable bonds is 1. The molecule has 0 aromatic carbocycles. The summed E-state index contributed by atoms with van der Waals surface area (Å²) in [6, 6.07) is 3.82. The molecule has 1 N–H and O–H groups in total. The van der Waals surface area contributed by atoms with Gasteiger partial charge in [-0.2, -0.15) is 0 Å². The molecule has 18 heavy (non-hydrogen) atoms. The van der Waals surface area contributed by atoms with E-state index in [-0.39, 0.29) is 17.5 Å². The topological polar surface area (TPSA) is 63.5 Å². The number of aromatic nitrogens is 2. The summed E-state index contributed by atoms with van der Waals surface area (Å²) in [4.78, 5) is 4.36. The summed E-state index contributed by atoms with van der Waals surface area (Å²) in [5.74, 6) is 1.11. The highest BCUT2D eigenvalue weighted by Crippen LogP contribution is 2.19. The standard InChI is InChI=1S/C12H15N3O2S/c1-9-2-4-15-10(6-9)7-14-12(15)11-8-18(16,17)5-3-13-11/h2,4,6-7,11,13H,3,5,8H2,1H3. The highest BCUT2D eigenvalue weighted by atomic mass is 32.2. The molecule has 0 amide bonds. The average molecular weight is 265 g/mol. The van der Waals surface area contributed by atoms with Crippen molar-refractivity contribution in [2.45, 2.75) is 13.0 Å². The minimum absolute atomic E-state index is 0.125. The molecule has 0 bridgehead atoms. The van der Waals surface area contributed by atoms with Gasteiger partial charge in [0.2, 0.25) is 0 Å². The molecule has 1 atom stereocenters. The van der Waals surface area contributed by atoms with Crippen molar-refractivity contribution in [2.24, 2.45) is 0 Å². The second-order valence-electron chi connectivity index (χ2n) is 4.74. The maximum atomic E-state index is 11.7. The van der Waals surface area contributed by atoms with E-state index in [2.05, 4.69) is 10.3 Å². The number of nitrogens with one attached hydrogen (secondary N) is 1. The number of nitrogens with zero attached hydrogens (tertiary/aromatic N) is 2. The van der Waals surface area contributed by atoms with Crippen LogP contribution in [-0.4, -0.2) is 35.9 Å². The van der Waals surface area contributed by atoms with Gasteiger partial charge in [0.1, 0.15) is 5.82 Å². The van der Waals surface area contributed by atoms with Crippen LogP contribution >= 0.6 is 0 Å². The Bertz CT molecular complexity index is 690. The van der Waals surface area contributed by atoms with E-state index in [1.54, 1.807) is 6.20 Å². The zero-order chi connectivity index (χ0) is 12.8. The number of hydrogen-bond donors (Lipinski definition) is 1. The van der Waals surface area contributed by atoms with Crippen molar-refractivity contribution in [3.05, 3.63) is 35.9 Å². The lowest BCUT2D eigenvalue weighted by molar-refractivity contribution is 0.514. The molecular weight excluding hydrogens is 250 g/mol. The monoisotopic (exact) mass is 265 g/mol. The molecule has 5 nitrogen and oxygen atoms in total. The Morgan fingerprint density at radius 3 is 3.11 bits per heavy atom. The van der Waals surface area contributed by atoms with E-state index in [0.29, 0.717) is 6.54 Å². The van der Waals surface area contributed by atoms with Gasteiger partial charge in [0.05, 0.1) is 29.3 Å². The molecule has 0 aliphatic carbocycles. The fraction of sp³-hybridized carbons (Fsp3) is 0.417. The van der Waals surface area contributed by atoms with E-state index < -0.39 is 9.84 Å². The normalized spacial score (nSPS) is 23.3. The highest BCUT2D eigenvalue weighted by Gasteiger charge is 2.28. The second kappa shape index (κ2) is 4.07. The van der Waals surface area contributed by atoms with Crippen molar-refractivity contribution >= 4 is 15.4 Å². The van der Waals surface area contributed by atoms with Gasteiger partial charge in [-0.15, -0.1) is 0 Å². The minimum Gasteiger partial charge on any atom is -0.305 e. The molecule has 3 rings (SSSR count). The van der Waals surface area contributed by atoms with E-state index >= 15 is 0 Å². The molecule has 1 saturated heterocycles. The third-order valence-corrected chi connectivity index (χ3v) is 4.92. The summed E-state index contributed by atoms with van der Waals surface area (Å²) in [5.41, 5.74) is 2.16. The van der Waals surface area contributed by atoms with Crippen LogP contribution < -0.4 is 5.32 Å². The first-order chi connectivity index (χ1) is 8.55. The Kier molecular flexibility index (Phi) is 2.64. The first kappa shape index (κ1) is 11.7. The van der Waals surface area contributed by atoms with Crippen molar-refractivity contribution in [1.29, 1.82) is 0 Å². The molecule has 1 fully saturated rings. The summed E-state index contributed by atoms with van der Waals surface area (Å²) < 4.78 is 25.3. The number of pyridine rings is 1. The van der Waals surface area contributed by atoms with Crippen molar-refractivity contribution in [2.75, 3.05) is 18.1 Å². The van der Waals surface area contributed by atoms with Crippen molar-refractivity contribution in [3.8, 4) is 0 Å². The Labute approximate surface area is 106 Å². The Balaban J connectivity index is 2.04. The highest BCUT2D eigenvalue weighted by molar-refractivity contribution is 7.91. The van der Waals surface area contributed by atoms with E-state index in [0.717, 1.165) is 16.9 Å². The number of imidazole rings is 1.